The summed E-state index contributed by atoms with van der Waals surface area (Å²) in [6.45, 7) is 0.145. The number of carbonyl (C=O) groups is 1. The minimum atomic E-state index is -3.06. The van der Waals surface area contributed by atoms with Crippen LogP contribution in [-0.2, 0) is 9.84 Å². The molecule has 0 aliphatic rings. The lowest BCUT2D eigenvalue weighted by Crippen LogP contribution is -2.26. The highest BCUT2D eigenvalue weighted by molar-refractivity contribution is 7.90. The molecule has 1 rings (SSSR count). The lowest BCUT2D eigenvalue weighted by molar-refractivity contribution is 0.0949. The third kappa shape index (κ3) is 4.70. The molecular weight excluding hydrogens is 261 g/mol. The van der Waals surface area contributed by atoms with Gasteiger partial charge in [-0.25, -0.2) is 12.8 Å². The van der Waals surface area contributed by atoms with E-state index in [1.807, 2.05) is 0 Å². The fourth-order valence-electron chi connectivity index (χ4n) is 1.32. The molecule has 0 unspecified atom stereocenters. The Bertz CT molecular complexity index is 542. The number of halogens is 1. The van der Waals surface area contributed by atoms with Gasteiger partial charge in [-0.1, -0.05) is 0 Å². The molecule has 1 amide bonds. The normalized spacial score (nSPS) is 11.2. The largest absolute Gasteiger partial charge is 0.508 e. The van der Waals surface area contributed by atoms with E-state index in [4.69, 9.17) is 5.11 Å². The molecule has 0 atom stereocenters. The number of hydrogen-bond acceptors (Lipinski definition) is 4. The van der Waals surface area contributed by atoms with Crippen LogP contribution in [0.4, 0.5) is 4.39 Å². The highest BCUT2D eigenvalue weighted by atomic mass is 32.2. The van der Waals surface area contributed by atoms with Crippen molar-refractivity contribution in [3.8, 4) is 5.75 Å². The Morgan fingerprint density at radius 2 is 2.11 bits per heavy atom. The smallest absolute Gasteiger partial charge is 0.254 e. The van der Waals surface area contributed by atoms with Gasteiger partial charge in [-0.05, 0) is 18.6 Å². The van der Waals surface area contributed by atoms with Crippen LogP contribution in [0.25, 0.3) is 0 Å². The summed E-state index contributed by atoms with van der Waals surface area (Å²) < 4.78 is 35.0. The summed E-state index contributed by atoms with van der Waals surface area (Å²) in [5.41, 5.74) is -0.188. The van der Waals surface area contributed by atoms with E-state index in [0.717, 1.165) is 18.4 Å². The molecule has 2 N–H and O–H groups in total. The number of aromatic hydroxyl groups is 1. The summed E-state index contributed by atoms with van der Waals surface area (Å²) in [7, 11) is -3.06. The zero-order valence-corrected chi connectivity index (χ0v) is 10.6. The summed E-state index contributed by atoms with van der Waals surface area (Å²) in [5.74, 6) is -1.76. The molecule has 0 aliphatic heterocycles. The summed E-state index contributed by atoms with van der Waals surface area (Å²) in [4.78, 5) is 11.5. The first kappa shape index (κ1) is 14.4. The number of phenolic OH excluding ortho intramolecular Hbond substituents is 1. The molecule has 0 aliphatic carbocycles. The van der Waals surface area contributed by atoms with Gasteiger partial charge in [0.2, 0.25) is 0 Å². The van der Waals surface area contributed by atoms with Crippen LogP contribution in [0.5, 0.6) is 5.75 Å². The molecule has 0 saturated carbocycles. The van der Waals surface area contributed by atoms with Gasteiger partial charge in [0, 0.05) is 18.9 Å². The summed E-state index contributed by atoms with van der Waals surface area (Å²) >= 11 is 0. The number of rotatable bonds is 5. The van der Waals surface area contributed by atoms with Crippen LogP contribution in [-0.4, -0.2) is 38.0 Å². The van der Waals surface area contributed by atoms with Crippen molar-refractivity contribution >= 4 is 15.7 Å². The van der Waals surface area contributed by atoms with E-state index in [1.54, 1.807) is 0 Å². The molecule has 5 nitrogen and oxygen atoms in total. The quantitative estimate of drug-likeness (QED) is 0.775. The molecule has 100 valence electrons. The lowest BCUT2D eigenvalue weighted by atomic mass is 10.2. The van der Waals surface area contributed by atoms with Crippen molar-refractivity contribution in [1.29, 1.82) is 0 Å². The van der Waals surface area contributed by atoms with Crippen molar-refractivity contribution in [2.45, 2.75) is 6.42 Å². The topological polar surface area (TPSA) is 83.5 Å². The third-order valence-electron chi connectivity index (χ3n) is 2.17. The van der Waals surface area contributed by atoms with E-state index < -0.39 is 21.6 Å². The Morgan fingerprint density at radius 1 is 1.44 bits per heavy atom. The molecule has 0 radical (unpaired) electrons. The summed E-state index contributed by atoms with van der Waals surface area (Å²) in [6, 6.07) is 3.20. The molecule has 0 heterocycles. The van der Waals surface area contributed by atoms with Crippen LogP contribution in [0, 0.1) is 5.82 Å². The standard InChI is InChI=1S/C11H14FNO4S/c1-18(16,17)6-2-5-13-11(15)9-4-3-8(14)7-10(9)12/h3-4,7,14H,2,5-6H2,1H3,(H,13,15). The highest BCUT2D eigenvalue weighted by Gasteiger charge is 2.11. The number of phenols is 1. The van der Waals surface area contributed by atoms with Gasteiger partial charge < -0.3 is 10.4 Å². The Balaban J connectivity index is 2.51. The van der Waals surface area contributed by atoms with Crippen molar-refractivity contribution in [1.82, 2.24) is 5.32 Å². The second-order valence-corrected chi connectivity index (χ2v) is 6.16. The maximum atomic E-state index is 13.3. The van der Waals surface area contributed by atoms with Gasteiger partial charge in [-0.15, -0.1) is 0 Å². The van der Waals surface area contributed by atoms with Gasteiger partial charge in [-0.2, -0.15) is 0 Å². The molecule has 18 heavy (non-hydrogen) atoms. The van der Waals surface area contributed by atoms with Crippen LogP contribution in [0.1, 0.15) is 16.8 Å². The first-order valence-electron chi connectivity index (χ1n) is 5.24. The molecule has 7 heteroatoms. The number of sulfone groups is 1. The molecule has 0 aromatic heterocycles. The second-order valence-electron chi connectivity index (χ2n) is 3.90. The maximum Gasteiger partial charge on any atom is 0.254 e. The van der Waals surface area contributed by atoms with E-state index in [2.05, 4.69) is 5.32 Å². The summed E-state index contributed by atoms with van der Waals surface area (Å²) in [5, 5.41) is 11.4. The van der Waals surface area contributed by atoms with Crippen molar-refractivity contribution in [2.24, 2.45) is 0 Å². The zero-order chi connectivity index (χ0) is 13.8. The molecule has 1 aromatic rings. The van der Waals surface area contributed by atoms with Gasteiger partial charge in [-0.3, -0.25) is 4.79 Å². The van der Waals surface area contributed by atoms with Gasteiger partial charge >= 0.3 is 0 Å². The minimum Gasteiger partial charge on any atom is -0.508 e. The average Bonchev–Trinajstić information content (AvgIpc) is 2.22. The number of hydrogen-bond donors (Lipinski definition) is 2. The Labute approximate surface area is 105 Å². The van der Waals surface area contributed by atoms with Crippen LogP contribution >= 0.6 is 0 Å². The van der Waals surface area contributed by atoms with Crippen molar-refractivity contribution in [2.75, 3.05) is 18.6 Å². The van der Waals surface area contributed by atoms with Crippen LogP contribution in [0.15, 0.2) is 18.2 Å². The number of benzene rings is 1. The minimum absolute atomic E-state index is 0.0364. The van der Waals surface area contributed by atoms with Crippen LogP contribution in [0.2, 0.25) is 0 Å². The van der Waals surface area contributed by atoms with Gasteiger partial charge in [0.05, 0.1) is 11.3 Å². The average molecular weight is 275 g/mol. The fourth-order valence-corrected chi connectivity index (χ4v) is 1.99. The van der Waals surface area contributed by atoms with Crippen molar-refractivity contribution in [3.05, 3.63) is 29.6 Å². The Kier molecular flexibility index (Phi) is 4.66. The molecule has 0 saturated heterocycles. The first-order valence-corrected chi connectivity index (χ1v) is 7.30. The van der Waals surface area contributed by atoms with E-state index in [0.29, 0.717) is 0 Å². The molecule has 0 fully saturated rings. The SMILES string of the molecule is CS(=O)(=O)CCCNC(=O)c1ccc(O)cc1F. The van der Waals surface area contributed by atoms with Gasteiger partial charge in [0.1, 0.15) is 21.4 Å². The number of carbonyl (C=O) groups excluding carboxylic acids is 1. The monoisotopic (exact) mass is 275 g/mol. The fraction of sp³-hybridized carbons (Fsp3) is 0.364. The van der Waals surface area contributed by atoms with E-state index in [9.17, 15) is 17.6 Å². The van der Waals surface area contributed by atoms with Crippen LogP contribution in [0.3, 0.4) is 0 Å². The van der Waals surface area contributed by atoms with E-state index in [-0.39, 0.29) is 30.0 Å². The molecule has 1 aromatic carbocycles. The predicted molar refractivity (Wildman–Crippen MR) is 64.7 cm³/mol. The second kappa shape index (κ2) is 5.81. The van der Waals surface area contributed by atoms with Crippen LogP contribution < -0.4 is 5.32 Å². The summed E-state index contributed by atoms with van der Waals surface area (Å²) in [6.07, 6.45) is 1.37. The third-order valence-corrected chi connectivity index (χ3v) is 3.21. The molecular formula is C11H14FNO4S. The van der Waals surface area contributed by atoms with Gasteiger partial charge in [0.25, 0.3) is 5.91 Å². The van der Waals surface area contributed by atoms with E-state index >= 15 is 0 Å². The number of amides is 1. The zero-order valence-electron chi connectivity index (χ0n) is 9.81. The first-order chi connectivity index (χ1) is 8.29. The maximum absolute atomic E-state index is 13.3. The van der Waals surface area contributed by atoms with Crippen molar-refractivity contribution in [3.63, 3.8) is 0 Å². The highest BCUT2D eigenvalue weighted by Crippen LogP contribution is 2.14. The Morgan fingerprint density at radius 3 is 2.67 bits per heavy atom. The number of nitrogens with one attached hydrogen (secondary N) is 1. The lowest BCUT2D eigenvalue weighted by Gasteiger charge is -2.06. The molecule has 0 bridgehead atoms. The Hall–Kier alpha value is -1.63. The van der Waals surface area contributed by atoms with Gasteiger partial charge in [0.15, 0.2) is 0 Å². The predicted octanol–water partition coefficient (Wildman–Crippen LogP) is 0.696. The van der Waals surface area contributed by atoms with E-state index in [1.165, 1.54) is 6.07 Å². The van der Waals surface area contributed by atoms with Crippen molar-refractivity contribution < 1.29 is 22.7 Å². The molecule has 0 spiro atoms.